The average Bonchev–Trinajstić information content (AvgIpc) is 0.782. The highest BCUT2D eigenvalue weighted by molar-refractivity contribution is 6.99. The van der Waals surface area contributed by atoms with Crippen LogP contribution in [0.4, 0.5) is 0 Å². The lowest BCUT2D eigenvalue weighted by Crippen LogP contribution is -2.67. The lowest BCUT2D eigenvalue weighted by Gasteiger charge is -2.51. The normalized spacial score (nSPS) is 32.0. The summed E-state index contributed by atoms with van der Waals surface area (Å²) in [6.45, 7) is 28.5. The zero-order valence-electron chi connectivity index (χ0n) is 54.4. The van der Waals surface area contributed by atoms with Gasteiger partial charge in [0.2, 0.25) is 0 Å². The molecule has 21 nitrogen and oxygen atoms in total. The molecule has 20 atom stereocenters. The van der Waals surface area contributed by atoms with Crippen molar-refractivity contribution in [3.8, 4) is 0 Å². The van der Waals surface area contributed by atoms with Crippen LogP contribution in [-0.4, -0.2) is 143 Å². The van der Waals surface area contributed by atoms with Crippen molar-refractivity contribution in [1.82, 2.24) is 0 Å². The first-order valence-electron chi connectivity index (χ1n) is 31.0. The Hall–Kier alpha value is -5.84. The summed E-state index contributed by atoms with van der Waals surface area (Å²) in [6, 6.07) is 40.2. The molecular weight excluding hydrogens is 1170 g/mol. The quantitative estimate of drug-likeness (QED) is 0.0252. The minimum atomic E-state index is -2.96. The number of aliphatic hydroxyl groups is 1. The van der Waals surface area contributed by atoms with Crippen LogP contribution in [0.1, 0.15) is 108 Å². The number of ether oxygens (including phenoxy) is 11. The SMILES string of the molecule is CC1[C@@H](O[C@@H]2C(C)O[C@@H](OCC(=O)OC(C)(C)C)C(C)[C@@H]2OCc2ccccc2)OC(CO)[C@@H](O[C@@H]2OC(C)[C@@H](O[C@H]3OC(CO[Si](c4ccccc4)(c4ccccc4)C(C)(C)C)[C@@H](C)[C@H](C)C3N=[N+]=[N-])[C@@H](OCc3ccccc3)C2C)[C@@H]1C.O=C=O.O=C=O. The molecule has 0 aliphatic carbocycles. The van der Waals surface area contributed by atoms with Gasteiger partial charge in [-0.2, -0.15) is 19.2 Å². The smallest absolute Gasteiger partial charge is 0.373 e. The van der Waals surface area contributed by atoms with E-state index in [1.165, 1.54) is 0 Å². The Labute approximate surface area is 530 Å². The van der Waals surface area contributed by atoms with Crippen LogP contribution in [0.5, 0.6) is 0 Å². The Morgan fingerprint density at radius 3 is 1.41 bits per heavy atom. The molecule has 4 aliphatic rings. The summed E-state index contributed by atoms with van der Waals surface area (Å²) in [5, 5.41) is 17.6. The fourth-order valence-corrected chi connectivity index (χ4v) is 17.1. The number of carbonyl (C=O) groups is 1. The average molecular weight is 1270 g/mol. The molecule has 1 N–H and O–H groups in total. The molecule has 0 aromatic heterocycles. The third-order valence-electron chi connectivity index (χ3n) is 17.6. The van der Waals surface area contributed by atoms with Gasteiger partial charge in [-0.05, 0) is 84.4 Å². The maximum atomic E-state index is 12.8. The summed E-state index contributed by atoms with van der Waals surface area (Å²) < 4.78 is 81.0. The number of benzene rings is 4. The number of esters is 1. The Balaban J connectivity index is 0.00000206. The summed E-state index contributed by atoms with van der Waals surface area (Å²) in [5.41, 5.74) is 11.3. The predicted octanol–water partition coefficient (Wildman–Crippen LogP) is 9.51. The molecule has 4 heterocycles. The summed E-state index contributed by atoms with van der Waals surface area (Å²) in [5.74, 6) is -2.03. The first-order valence-corrected chi connectivity index (χ1v) is 32.9. The van der Waals surface area contributed by atoms with Crippen LogP contribution in [0.25, 0.3) is 10.4 Å². The fraction of sp³-hybridized carbons (Fsp3) is 0.603. The standard InChI is InChI=1S/C66H93N3O14Si.2CO2/c1-40-41(2)55(68-69-67)64(79-53(40)38-75-84(66(12,13)14,50-31-23-17-24-32-50)51-33-25-18-26-34-51)82-60-47(8)77-63(45(6)58(60)73-37-49-29-21-16-22-30-49)80-56-42(3)43(4)62(78-52(56)35-70)81-59-46(7)76-61(74-39-54(71)83-65(9,10)11)44(5)57(59)72-36-48-27-19-15-20-28-48;2*2-1-3/h15-34,40-47,52-53,55-64,70H,35-39H2,1-14H3;;/t40-,41-,42+,43?,44?,45?,46?,47?,52?,53?,55?,56-,57-,58-,59+,60+,61+,62+,63-,64+;;/m0../s1. The lowest BCUT2D eigenvalue weighted by atomic mass is 9.82. The zero-order valence-corrected chi connectivity index (χ0v) is 55.4. The second kappa shape index (κ2) is 34.2. The molecule has 8 rings (SSSR count). The van der Waals surface area contributed by atoms with Gasteiger partial charge in [0.05, 0.1) is 69.1 Å². The third-order valence-corrected chi connectivity index (χ3v) is 22.6. The molecule has 8 unspecified atom stereocenters. The highest BCUT2D eigenvalue weighted by Gasteiger charge is 2.55. The van der Waals surface area contributed by atoms with Crippen molar-refractivity contribution in [3.63, 3.8) is 0 Å². The number of hydrogen-bond donors (Lipinski definition) is 1. The molecule has 0 spiro atoms. The Kier molecular flexibility index (Phi) is 27.8. The van der Waals surface area contributed by atoms with Crippen molar-refractivity contribution < 1.29 is 85.6 Å². The van der Waals surface area contributed by atoms with Crippen LogP contribution in [0, 0.1) is 35.5 Å². The van der Waals surface area contributed by atoms with Crippen molar-refractivity contribution in [3.05, 3.63) is 143 Å². The highest BCUT2D eigenvalue weighted by Crippen LogP contribution is 2.44. The molecule has 4 saturated heterocycles. The zero-order chi connectivity index (χ0) is 65.9. The summed E-state index contributed by atoms with van der Waals surface area (Å²) in [6.07, 6.45) is -8.48. The van der Waals surface area contributed by atoms with E-state index in [1.54, 1.807) is 0 Å². The van der Waals surface area contributed by atoms with E-state index in [9.17, 15) is 15.4 Å². The van der Waals surface area contributed by atoms with E-state index in [4.69, 9.17) is 75.7 Å². The molecule has 4 aromatic rings. The van der Waals surface area contributed by atoms with Gasteiger partial charge in [0.15, 0.2) is 25.2 Å². The molecule has 22 heteroatoms. The van der Waals surface area contributed by atoms with Crippen LogP contribution in [-0.2, 0) is 93.7 Å². The lowest BCUT2D eigenvalue weighted by molar-refractivity contribution is -0.367. The van der Waals surface area contributed by atoms with Gasteiger partial charge in [-0.1, -0.05) is 189 Å². The second-order valence-electron chi connectivity index (χ2n) is 25.9. The van der Waals surface area contributed by atoms with Crippen molar-refractivity contribution in [1.29, 1.82) is 0 Å². The molecule has 90 heavy (non-hydrogen) atoms. The highest BCUT2D eigenvalue weighted by atomic mass is 28.4. The van der Waals surface area contributed by atoms with Crippen LogP contribution in [0.15, 0.2) is 126 Å². The van der Waals surface area contributed by atoms with Crippen LogP contribution in [0.2, 0.25) is 5.04 Å². The minimum Gasteiger partial charge on any atom is -0.458 e. The maximum Gasteiger partial charge on any atom is 0.373 e. The van der Waals surface area contributed by atoms with Crippen molar-refractivity contribution >= 4 is 37.0 Å². The molecule has 4 aromatic carbocycles. The summed E-state index contributed by atoms with van der Waals surface area (Å²) in [4.78, 5) is 48.6. The Morgan fingerprint density at radius 2 is 0.956 bits per heavy atom. The number of aliphatic hydroxyl groups excluding tert-OH is 1. The van der Waals surface area contributed by atoms with E-state index in [1.807, 2.05) is 128 Å². The molecule has 4 aliphatic heterocycles. The number of hydrogen-bond acceptors (Lipinski definition) is 19. The van der Waals surface area contributed by atoms with Crippen LogP contribution in [0.3, 0.4) is 0 Å². The van der Waals surface area contributed by atoms with Crippen LogP contribution < -0.4 is 10.4 Å². The number of azide groups is 1. The van der Waals surface area contributed by atoms with Crippen molar-refractivity contribution in [2.24, 2.45) is 40.6 Å². The number of carbonyl (C=O) groups excluding carboxylic acids is 5. The molecule has 0 radical (unpaired) electrons. The minimum absolute atomic E-state index is 0.0754. The van der Waals surface area contributed by atoms with E-state index >= 15 is 0 Å². The van der Waals surface area contributed by atoms with E-state index < -0.39 is 112 Å². The van der Waals surface area contributed by atoms with Crippen LogP contribution >= 0.6 is 0 Å². The largest absolute Gasteiger partial charge is 0.458 e. The molecule has 0 bridgehead atoms. The third kappa shape index (κ3) is 18.7. The predicted molar refractivity (Wildman–Crippen MR) is 331 cm³/mol. The number of rotatable bonds is 22. The molecule has 492 valence electrons. The summed E-state index contributed by atoms with van der Waals surface area (Å²) in [7, 11) is -2.96. The molecule has 4 fully saturated rings. The Morgan fingerprint density at radius 1 is 0.533 bits per heavy atom. The molecule has 0 amide bonds. The molecule has 0 saturated carbocycles. The summed E-state index contributed by atoms with van der Waals surface area (Å²) >= 11 is 0. The van der Waals surface area contributed by atoms with Crippen molar-refractivity contribution in [2.75, 3.05) is 19.8 Å². The van der Waals surface area contributed by atoms with Gasteiger partial charge in [0.1, 0.15) is 30.5 Å². The van der Waals surface area contributed by atoms with E-state index in [-0.39, 0.29) is 73.4 Å². The van der Waals surface area contributed by atoms with E-state index in [2.05, 4.69) is 100 Å². The van der Waals surface area contributed by atoms with Gasteiger partial charge in [-0.15, -0.1) is 0 Å². The van der Waals surface area contributed by atoms with Gasteiger partial charge in [0, 0.05) is 22.7 Å². The van der Waals surface area contributed by atoms with Crippen molar-refractivity contribution in [2.45, 2.75) is 207 Å². The second-order valence-corrected chi connectivity index (χ2v) is 30.2. The van der Waals surface area contributed by atoms with E-state index in [0.29, 0.717) is 6.61 Å². The molecular formula is C68H93N3O18Si. The first-order chi connectivity index (χ1) is 42.9. The Bertz CT molecular complexity index is 2850. The van der Waals surface area contributed by atoms with Gasteiger partial charge in [-0.3, -0.25) is 0 Å². The fourth-order valence-electron chi connectivity index (χ4n) is 12.5. The van der Waals surface area contributed by atoms with Gasteiger partial charge in [0.25, 0.3) is 8.32 Å². The topological polar surface area (TPSA) is 265 Å². The maximum absolute atomic E-state index is 12.8. The number of nitrogens with zero attached hydrogens (tertiary/aromatic N) is 3. The van der Waals surface area contributed by atoms with Gasteiger partial charge in [-0.25, -0.2) is 4.79 Å². The van der Waals surface area contributed by atoms with Gasteiger partial charge < -0.3 is 61.6 Å². The monoisotopic (exact) mass is 1270 g/mol. The first kappa shape index (κ1) is 73.2. The van der Waals surface area contributed by atoms with E-state index in [0.717, 1.165) is 21.5 Å². The van der Waals surface area contributed by atoms with Gasteiger partial charge >= 0.3 is 18.3 Å².